The Morgan fingerprint density at radius 2 is 1.68 bits per heavy atom. The van der Waals surface area contributed by atoms with Gasteiger partial charge < -0.3 is 10.6 Å². The molecule has 0 aliphatic carbocycles. The smallest absolute Gasteiger partial charge is 0.233 e. The number of amides is 2. The first kappa shape index (κ1) is 16.3. The summed E-state index contributed by atoms with van der Waals surface area (Å²) in [4.78, 5) is 23.5. The molecule has 22 heavy (non-hydrogen) atoms. The van der Waals surface area contributed by atoms with Gasteiger partial charge in [0, 0.05) is 11.6 Å². The predicted octanol–water partition coefficient (Wildman–Crippen LogP) is 3.64. The maximum atomic E-state index is 11.8. The molecule has 2 N–H and O–H groups in total. The van der Waals surface area contributed by atoms with Crippen molar-refractivity contribution in [1.29, 1.82) is 0 Å². The highest BCUT2D eigenvalue weighted by atomic mass is 35.5. The third-order valence-electron chi connectivity index (χ3n) is 2.86. The first-order valence-electron chi connectivity index (χ1n) is 6.60. The van der Waals surface area contributed by atoms with Crippen LogP contribution in [0, 0.1) is 0 Å². The van der Waals surface area contributed by atoms with Crippen LogP contribution in [0.4, 0.5) is 5.69 Å². The molecular weight excluding hydrogens is 323 g/mol. The number of anilines is 1. The summed E-state index contributed by atoms with van der Waals surface area (Å²) in [5.74, 6) is -0.791. The second-order valence-corrected chi connectivity index (χ2v) is 5.46. The van der Waals surface area contributed by atoms with Crippen molar-refractivity contribution in [2.45, 2.75) is 13.0 Å². The fourth-order valence-corrected chi connectivity index (χ4v) is 2.25. The third-order valence-corrected chi connectivity index (χ3v) is 3.41. The maximum absolute atomic E-state index is 11.8. The molecule has 2 rings (SSSR count). The molecule has 0 heterocycles. The van der Waals surface area contributed by atoms with Crippen LogP contribution >= 0.6 is 23.2 Å². The Bertz CT molecular complexity index is 675. The minimum atomic E-state index is -0.435. The van der Waals surface area contributed by atoms with Crippen LogP contribution in [0.1, 0.15) is 12.0 Å². The van der Waals surface area contributed by atoms with Crippen LogP contribution in [0.15, 0.2) is 48.5 Å². The SMILES string of the molecule is O=C(CC(=O)Nc1ccc(Cl)cc1Cl)NCc1ccccc1. The molecule has 114 valence electrons. The van der Waals surface area contributed by atoms with Gasteiger partial charge in [-0.2, -0.15) is 0 Å². The van der Waals surface area contributed by atoms with Crippen molar-refractivity contribution in [3.8, 4) is 0 Å². The molecule has 6 heteroatoms. The van der Waals surface area contributed by atoms with Crippen molar-refractivity contribution in [3.05, 3.63) is 64.1 Å². The summed E-state index contributed by atoms with van der Waals surface area (Å²) in [6.45, 7) is 0.384. The molecule has 2 aromatic carbocycles. The van der Waals surface area contributed by atoms with Gasteiger partial charge in [0.2, 0.25) is 11.8 Å². The highest BCUT2D eigenvalue weighted by Crippen LogP contribution is 2.25. The van der Waals surface area contributed by atoms with Gasteiger partial charge >= 0.3 is 0 Å². The molecule has 4 nitrogen and oxygen atoms in total. The molecule has 2 amide bonds. The zero-order chi connectivity index (χ0) is 15.9. The quantitative estimate of drug-likeness (QED) is 0.819. The van der Waals surface area contributed by atoms with E-state index in [2.05, 4.69) is 10.6 Å². The fourth-order valence-electron chi connectivity index (χ4n) is 1.79. The van der Waals surface area contributed by atoms with Gasteiger partial charge in [-0.1, -0.05) is 53.5 Å². The van der Waals surface area contributed by atoms with Gasteiger partial charge in [0.15, 0.2) is 0 Å². The molecular formula is C16H14Cl2N2O2. The summed E-state index contributed by atoms with van der Waals surface area (Å²) in [6.07, 6.45) is -0.272. The van der Waals surface area contributed by atoms with Crippen molar-refractivity contribution in [2.75, 3.05) is 5.32 Å². The lowest BCUT2D eigenvalue weighted by molar-refractivity contribution is -0.126. The van der Waals surface area contributed by atoms with E-state index in [0.29, 0.717) is 22.3 Å². The maximum Gasteiger partial charge on any atom is 0.233 e. The average molecular weight is 337 g/mol. The zero-order valence-corrected chi connectivity index (χ0v) is 13.1. The second kappa shape index (κ2) is 7.82. The van der Waals surface area contributed by atoms with Gasteiger partial charge in [0.1, 0.15) is 6.42 Å². The molecule has 0 aliphatic rings. The molecule has 0 radical (unpaired) electrons. The monoisotopic (exact) mass is 336 g/mol. The topological polar surface area (TPSA) is 58.2 Å². The van der Waals surface area contributed by atoms with E-state index in [1.54, 1.807) is 12.1 Å². The number of carbonyl (C=O) groups excluding carboxylic acids is 2. The van der Waals surface area contributed by atoms with Crippen LogP contribution in [-0.2, 0) is 16.1 Å². The lowest BCUT2D eigenvalue weighted by atomic mass is 10.2. The van der Waals surface area contributed by atoms with E-state index in [1.807, 2.05) is 30.3 Å². The summed E-state index contributed by atoms with van der Waals surface area (Å²) in [6, 6.07) is 14.2. The zero-order valence-electron chi connectivity index (χ0n) is 11.6. The number of halogens is 2. The van der Waals surface area contributed by atoms with E-state index in [1.165, 1.54) is 6.07 Å². The Labute approximate surface area is 138 Å². The number of hydrogen-bond donors (Lipinski definition) is 2. The van der Waals surface area contributed by atoms with E-state index >= 15 is 0 Å². The van der Waals surface area contributed by atoms with Gasteiger partial charge in [-0.25, -0.2) is 0 Å². The summed E-state index contributed by atoms with van der Waals surface area (Å²) >= 11 is 11.7. The standard InChI is InChI=1S/C16H14Cl2N2O2/c17-12-6-7-14(13(18)8-12)20-16(22)9-15(21)19-10-11-4-2-1-3-5-11/h1-8H,9-10H2,(H,19,21)(H,20,22). The second-order valence-electron chi connectivity index (χ2n) is 4.61. The highest BCUT2D eigenvalue weighted by Gasteiger charge is 2.11. The predicted molar refractivity (Wildman–Crippen MR) is 88.0 cm³/mol. The normalized spacial score (nSPS) is 10.1. The van der Waals surface area contributed by atoms with Crippen molar-refractivity contribution < 1.29 is 9.59 Å². The molecule has 0 aliphatic heterocycles. The van der Waals surface area contributed by atoms with Crippen LogP contribution < -0.4 is 10.6 Å². The fraction of sp³-hybridized carbons (Fsp3) is 0.125. The lowest BCUT2D eigenvalue weighted by Crippen LogP contribution is -2.27. The molecule has 0 saturated heterocycles. The highest BCUT2D eigenvalue weighted by molar-refractivity contribution is 6.36. The minimum Gasteiger partial charge on any atom is -0.352 e. The van der Waals surface area contributed by atoms with Gasteiger partial charge in [0.05, 0.1) is 10.7 Å². The largest absolute Gasteiger partial charge is 0.352 e. The van der Waals surface area contributed by atoms with E-state index in [9.17, 15) is 9.59 Å². The minimum absolute atomic E-state index is 0.272. The number of hydrogen-bond acceptors (Lipinski definition) is 2. The first-order chi connectivity index (χ1) is 10.5. The number of nitrogens with one attached hydrogen (secondary N) is 2. The van der Waals surface area contributed by atoms with E-state index in [0.717, 1.165) is 5.56 Å². The van der Waals surface area contributed by atoms with Crippen molar-refractivity contribution in [2.24, 2.45) is 0 Å². The Morgan fingerprint density at radius 1 is 0.955 bits per heavy atom. The Hall–Kier alpha value is -2.04. The van der Waals surface area contributed by atoms with Crippen molar-refractivity contribution in [1.82, 2.24) is 5.32 Å². The molecule has 0 spiro atoms. The van der Waals surface area contributed by atoms with Crippen LogP contribution in [-0.4, -0.2) is 11.8 Å². The Balaban J connectivity index is 1.82. The summed E-state index contributed by atoms with van der Waals surface area (Å²) in [5.41, 5.74) is 1.39. The summed E-state index contributed by atoms with van der Waals surface area (Å²) in [5, 5.41) is 6.06. The van der Waals surface area contributed by atoms with Gasteiger partial charge in [-0.15, -0.1) is 0 Å². The van der Waals surface area contributed by atoms with Crippen molar-refractivity contribution >= 4 is 40.7 Å². The molecule has 0 bridgehead atoms. The number of benzene rings is 2. The lowest BCUT2D eigenvalue weighted by Gasteiger charge is -2.08. The van der Waals surface area contributed by atoms with Crippen LogP contribution in [0.25, 0.3) is 0 Å². The molecule has 0 saturated carbocycles. The Kier molecular flexibility index (Phi) is 5.81. The summed E-state index contributed by atoms with van der Waals surface area (Å²) in [7, 11) is 0. The molecule has 0 aromatic heterocycles. The van der Waals surface area contributed by atoms with Gasteiger partial charge in [-0.05, 0) is 23.8 Å². The van der Waals surface area contributed by atoms with Gasteiger partial charge in [0.25, 0.3) is 0 Å². The van der Waals surface area contributed by atoms with E-state index in [4.69, 9.17) is 23.2 Å². The Morgan fingerprint density at radius 3 is 2.36 bits per heavy atom. The molecule has 2 aromatic rings. The van der Waals surface area contributed by atoms with Crippen molar-refractivity contribution in [3.63, 3.8) is 0 Å². The van der Waals surface area contributed by atoms with E-state index in [-0.39, 0.29) is 12.3 Å². The summed E-state index contributed by atoms with van der Waals surface area (Å²) < 4.78 is 0. The van der Waals surface area contributed by atoms with Gasteiger partial charge in [-0.3, -0.25) is 9.59 Å². The third kappa shape index (κ3) is 5.06. The molecule has 0 unspecified atom stereocenters. The molecule has 0 fully saturated rings. The van der Waals surface area contributed by atoms with Crippen LogP contribution in [0.3, 0.4) is 0 Å². The van der Waals surface area contributed by atoms with Crippen LogP contribution in [0.5, 0.6) is 0 Å². The average Bonchev–Trinajstić information content (AvgIpc) is 2.49. The van der Waals surface area contributed by atoms with Crippen LogP contribution in [0.2, 0.25) is 10.0 Å². The molecule has 0 atom stereocenters. The number of carbonyl (C=O) groups is 2. The van der Waals surface area contributed by atoms with E-state index < -0.39 is 5.91 Å². The first-order valence-corrected chi connectivity index (χ1v) is 7.36. The number of rotatable bonds is 5.